The van der Waals surface area contributed by atoms with E-state index < -0.39 is 0 Å². The fourth-order valence-corrected chi connectivity index (χ4v) is 2.11. The Bertz CT molecular complexity index is 458. The van der Waals surface area contributed by atoms with Crippen LogP contribution in [0.3, 0.4) is 0 Å². The van der Waals surface area contributed by atoms with Gasteiger partial charge >= 0.3 is 0 Å². The number of rotatable bonds is 6. The molecule has 19 heavy (non-hydrogen) atoms. The molecule has 2 rings (SSSR count). The lowest BCUT2D eigenvalue weighted by atomic mass is 10.1. The first-order valence-corrected chi connectivity index (χ1v) is 6.44. The smallest absolute Gasteiger partial charge is 0.257 e. The zero-order valence-electron chi connectivity index (χ0n) is 11.4. The molecular formula is C14H20N2O3. The average molecular weight is 264 g/mol. The summed E-state index contributed by atoms with van der Waals surface area (Å²) < 4.78 is 10.4. The van der Waals surface area contributed by atoms with Crippen LogP contribution in [0.25, 0.3) is 0 Å². The molecule has 5 heteroatoms. The van der Waals surface area contributed by atoms with Crippen LogP contribution in [0.4, 0.5) is 0 Å². The summed E-state index contributed by atoms with van der Waals surface area (Å²) in [6.07, 6.45) is 2.12. The molecule has 0 heterocycles. The molecule has 5 nitrogen and oxygen atoms in total. The second-order valence-electron chi connectivity index (χ2n) is 4.58. The molecule has 104 valence electrons. The summed E-state index contributed by atoms with van der Waals surface area (Å²) >= 11 is 0. The van der Waals surface area contributed by atoms with Crippen LogP contribution in [0.1, 0.15) is 23.2 Å². The minimum atomic E-state index is -0.0209. The minimum absolute atomic E-state index is 0.0209. The van der Waals surface area contributed by atoms with E-state index >= 15 is 0 Å². The van der Waals surface area contributed by atoms with Gasteiger partial charge in [0.25, 0.3) is 5.91 Å². The zero-order chi connectivity index (χ0) is 13.8. The molecule has 0 atom stereocenters. The lowest BCUT2D eigenvalue weighted by Gasteiger charge is -2.22. The van der Waals surface area contributed by atoms with Crippen molar-refractivity contribution in [1.82, 2.24) is 4.90 Å². The molecule has 2 N–H and O–H groups in total. The minimum Gasteiger partial charge on any atom is -0.497 e. The maximum absolute atomic E-state index is 12.5. The van der Waals surface area contributed by atoms with E-state index in [1.54, 1.807) is 32.4 Å². The van der Waals surface area contributed by atoms with Gasteiger partial charge in [0.2, 0.25) is 0 Å². The van der Waals surface area contributed by atoms with E-state index in [1.165, 1.54) is 0 Å². The topological polar surface area (TPSA) is 64.8 Å². The Kier molecular flexibility index (Phi) is 4.27. The summed E-state index contributed by atoms with van der Waals surface area (Å²) in [7, 11) is 3.14. The van der Waals surface area contributed by atoms with Crippen molar-refractivity contribution in [2.24, 2.45) is 5.73 Å². The number of hydrogen-bond donors (Lipinski definition) is 1. The fourth-order valence-electron chi connectivity index (χ4n) is 2.11. The summed E-state index contributed by atoms with van der Waals surface area (Å²) in [4.78, 5) is 14.4. The highest BCUT2D eigenvalue weighted by Crippen LogP contribution is 2.31. The molecule has 0 bridgehead atoms. The van der Waals surface area contributed by atoms with Crippen LogP contribution in [0.15, 0.2) is 18.2 Å². The van der Waals surface area contributed by atoms with Crippen LogP contribution in [0.2, 0.25) is 0 Å². The number of nitrogens with two attached hydrogens (primary N) is 1. The van der Waals surface area contributed by atoms with Gasteiger partial charge in [0.1, 0.15) is 11.5 Å². The van der Waals surface area contributed by atoms with Crippen molar-refractivity contribution in [2.45, 2.75) is 18.9 Å². The van der Waals surface area contributed by atoms with E-state index in [2.05, 4.69) is 0 Å². The third kappa shape index (κ3) is 2.98. The molecule has 1 aliphatic rings. The normalized spacial score (nSPS) is 14.1. The van der Waals surface area contributed by atoms with Crippen molar-refractivity contribution < 1.29 is 14.3 Å². The largest absolute Gasteiger partial charge is 0.497 e. The van der Waals surface area contributed by atoms with Gasteiger partial charge in [-0.15, -0.1) is 0 Å². The Morgan fingerprint density at radius 3 is 2.63 bits per heavy atom. The summed E-state index contributed by atoms with van der Waals surface area (Å²) in [6, 6.07) is 5.57. The van der Waals surface area contributed by atoms with Crippen LogP contribution < -0.4 is 15.2 Å². The summed E-state index contributed by atoms with van der Waals surface area (Å²) in [6.45, 7) is 1.05. The quantitative estimate of drug-likeness (QED) is 0.840. The fraction of sp³-hybridized carbons (Fsp3) is 0.500. The number of ether oxygens (including phenoxy) is 2. The molecule has 1 amide bonds. The van der Waals surface area contributed by atoms with Gasteiger partial charge in [-0.2, -0.15) is 0 Å². The van der Waals surface area contributed by atoms with Crippen LogP contribution in [-0.4, -0.2) is 44.2 Å². The number of hydrogen-bond acceptors (Lipinski definition) is 4. The standard InChI is InChI=1S/C14H20N2O3/c1-18-11-5-6-12(13(9-11)19-2)14(17)16(8-7-15)10-3-4-10/h5-6,9-10H,3-4,7-8,15H2,1-2H3. The maximum atomic E-state index is 12.5. The molecule has 0 saturated heterocycles. The predicted octanol–water partition coefficient (Wildman–Crippen LogP) is 1.27. The summed E-state index contributed by atoms with van der Waals surface area (Å²) in [5.41, 5.74) is 6.14. The van der Waals surface area contributed by atoms with Crippen molar-refractivity contribution >= 4 is 5.91 Å². The van der Waals surface area contributed by atoms with Crippen LogP contribution in [-0.2, 0) is 0 Å². The van der Waals surface area contributed by atoms with E-state index in [4.69, 9.17) is 15.2 Å². The second kappa shape index (κ2) is 5.93. The second-order valence-corrected chi connectivity index (χ2v) is 4.58. The van der Waals surface area contributed by atoms with Gasteiger partial charge in [0.05, 0.1) is 19.8 Å². The first-order chi connectivity index (χ1) is 9.21. The molecule has 0 spiro atoms. The monoisotopic (exact) mass is 264 g/mol. The van der Waals surface area contributed by atoms with Gasteiger partial charge in [-0.05, 0) is 25.0 Å². The average Bonchev–Trinajstić information content (AvgIpc) is 3.27. The van der Waals surface area contributed by atoms with Crippen LogP contribution in [0.5, 0.6) is 11.5 Å². The molecule has 1 saturated carbocycles. The molecule has 1 fully saturated rings. The molecule has 1 aliphatic carbocycles. The van der Waals surface area contributed by atoms with E-state index in [1.807, 2.05) is 4.90 Å². The highest BCUT2D eigenvalue weighted by molar-refractivity contribution is 5.97. The Hall–Kier alpha value is -1.75. The van der Waals surface area contributed by atoms with Gasteiger partial charge in [-0.3, -0.25) is 4.79 Å². The van der Waals surface area contributed by atoms with Gasteiger partial charge < -0.3 is 20.1 Å². The maximum Gasteiger partial charge on any atom is 0.257 e. The lowest BCUT2D eigenvalue weighted by molar-refractivity contribution is 0.0744. The number of carbonyl (C=O) groups excluding carboxylic acids is 1. The van der Waals surface area contributed by atoms with Gasteiger partial charge in [-0.1, -0.05) is 0 Å². The van der Waals surface area contributed by atoms with E-state index in [0.717, 1.165) is 12.8 Å². The predicted molar refractivity (Wildman–Crippen MR) is 72.7 cm³/mol. The molecular weight excluding hydrogens is 244 g/mol. The van der Waals surface area contributed by atoms with Crippen molar-refractivity contribution in [2.75, 3.05) is 27.3 Å². The number of amides is 1. The van der Waals surface area contributed by atoms with Gasteiger partial charge in [0.15, 0.2) is 0 Å². The van der Waals surface area contributed by atoms with E-state index in [9.17, 15) is 4.79 Å². The Balaban J connectivity index is 2.26. The van der Waals surface area contributed by atoms with E-state index in [-0.39, 0.29) is 5.91 Å². The Morgan fingerprint density at radius 2 is 2.11 bits per heavy atom. The van der Waals surface area contributed by atoms with Crippen molar-refractivity contribution in [3.8, 4) is 11.5 Å². The zero-order valence-corrected chi connectivity index (χ0v) is 11.4. The molecule has 1 aromatic rings. The van der Waals surface area contributed by atoms with E-state index in [0.29, 0.717) is 36.2 Å². The SMILES string of the molecule is COc1ccc(C(=O)N(CCN)C2CC2)c(OC)c1. The van der Waals surface area contributed by atoms with Crippen molar-refractivity contribution in [1.29, 1.82) is 0 Å². The third-order valence-electron chi connectivity index (χ3n) is 3.26. The summed E-state index contributed by atoms with van der Waals surface area (Å²) in [5, 5.41) is 0. The van der Waals surface area contributed by atoms with Gasteiger partial charge in [-0.25, -0.2) is 0 Å². The molecule has 1 aromatic carbocycles. The van der Waals surface area contributed by atoms with Crippen molar-refractivity contribution in [3.63, 3.8) is 0 Å². The molecule has 0 aliphatic heterocycles. The lowest BCUT2D eigenvalue weighted by Crippen LogP contribution is -2.37. The number of methoxy groups -OCH3 is 2. The first kappa shape index (κ1) is 13.7. The highest BCUT2D eigenvalue weighted by atomic mass is 16.5. The van der Waals surface area contributed by atoms with Crippen LogP contribution >= 0.6 is 0 Å². The molecule has 0 radical (unpaired) electrons. The molecule has 0 aromatic heterocycles. The Morgan fingerprint density at radius 1 is 1.37 bits per heavy atom. The van der Waals surface area contributed by atoms with Crippen LogP contribution in [0, 0.1) is 0 Å². The summed E-state index contributed by atoms with van der Waals surface area (Å²) in [5.74, 6) is 1.18. The van der Waals surface area contributed by atoms with Gasteiger partial charge in [0, 0.05) is 25.2 Å². The number of benzene rings is 1. The Labute approximate surface area is 113 Å². The first-order valence-electron chi connectivity index (χ1n) is 6.44. The number of nitrogens with zero attached hydrogens (tertiary/aromatic N) is 1. The third-order valence-corrected chi connectivity index (χ3v) is 3.26. The molecule has 0 unspecified atom stereocenters. The van der Waals surface area contributed by atoms with Crippen molar-refractivity contribution in [3.05, 3.63) is 23.8 Å². The highest BCUT2D eigenvalue weighted by Gasteiger charge is 2.33. The number of carbonyl (C=O) groups is 1.